The van der Waals surface area contributed by atoms with E-state index in [4.69, 9.17) is 0 Å². The first kappa shape index (κ1) is 32.9. The van der Waals surface area contributed by atoms with E-state index in [-0.39, 0.29) is 0 Å². The average molecular weight is 724 g/mol. The van der Waals surface area contributed by atoms with Crippen LogP contribution in [0.2, 0.25) is 0 Å². The molecule has 1 nitrogen and oxygen atoms in total. The van der Waals surface area contributed by atoms with Gasteiger partial charge in [-0.05, 0) is 136 Å². The van der Waals surface area contributed by atoms with Crippen molar-refractivity contribution in [3.8, 4) is 33.4 Å². The van der Waals surface area contributed by atoms with Gasteiger partial charge in [0.1, 0.15) is 0 Å². The molecule has 11 aromatic rings. The van der Waals surface area contributed by atoms with Gasteiger partial charge >= 0.3 is 0 Å². The first-order chi connectivity index (χ1) is 28.2. The molecule has 0 aliphatic heterocycles. The first-order valence-corrected chi connectivity index (χ1v) is 19.7. The maximum Gasteiger partial charge on any atom is 0.0467 e. The molecule has 0 fully saturated rings. The number of nitrogens with zero attached hydrogens (tertiary/aromatic N) is 1. The van der Waals surface area contributed by atoms with Crippen molar-refractivity contribution in [2.24, 2.45) is 0 Å². The zero-order chi connectivity index (χ0) is 37.7. The number of hydrogen-bond donors (Lipinski definition) is 0. The summed E-state index contributed by atoms with van der Waals surface area (Å²) in [6.07, 6.45) is 0. The molecular formula is C56H37N. The summed E-state index contributed by atoms with van der Waals surface area (Å²) in [5.74, 6) is 0. The summed E-state index contributed by atoms with van der Waals surface area (Å²) in [6, 6.07) is 82.1. The normalized spacial score (nSPS) is 11.5. The van der Waals surface area contributed by atoms with Crippen LogP contribution < -0.4 is 4.90 Å². The molecule has 0 N–H and O–H groups in total. The summed E-state index contributed by atoms with van der Waals surface area (Å²) in [5, 5.41) is 12.7. The fourth-order valence-electron chi connectivity index (χ4n) is 8.71. The zero-order valence-corrected chi connectivity index (χ0v) is 31.3. The molecule has 57 heavy (non-hydrogen) atoms. The van der Waals surface area contributed by atoms with Crippen molar-refractivity contribution in [3.05, 3.63) is 224 Å². The first-order valence-electron chi connectivity index (χ1n) is 19.7. The number of anilines is 3. The van der Waals surface area contributed by atoms with Gasteiger partial charge in [-0.25, -0.2) is 0 Å². The molecule has 0 radical (unpaired) electrons. The van der Waals surface area contributed by atoms with Crippen LogP contribution >= 0.6 is 0 Å². The van der Waals surface area contributed by atoms with Crippen molar-refractivity contribution in [1.29, 1.82) is 0 Å². The maximum atomic E-state index is 2.38. The van der Waals surface area contributed by atoms with E-state index in [1.807, 2.05) is 0 Å². The quantitative estimate of drug-likeness (QED) is 0.154. The van der Waals surface area contributed by atoms with Gasteiger partial charge in [-0.3, -0.25) is 0 Å². The highest BCUT2D eigenvalue weighted by Crippen LogP contribution is 2.40. The second-order valence-electron chi connectivity index (χ2n) is 15.0. The summed E-state index contributed by atoms with van der Waals surface area (Å²) in [7, 11) is 0. The largest absolute Gasteiger partial charge is 0.310 e. The van der Waals surface area contributed by atoms with Gasteiger partial charge in [-0.1, -0.05) is 176 Å². The molecule has 11 aromatic carbocycles. The minimum absolute atomic E-state index is 1.10. The Morgan fingerprint density at radius 2 is 0.702 bits per heavy atom. The monoisotopic (exact) mass is 723 g/mol. The summed E-state index contributed by atoms with van der Waals surface area (Å²) in [4.78, 5) is 2.38. The Hall–Kier alpha value is -7.48. The second-order valence-corrected chi connectivity index (χ2v) is 15.0. The van der Waals surface area contributed by atoms with E-state index in [1.165, 1.54) is 87.2 Å². The van der Waals surface area contributed by atoms with Crippen molar-refractivity contribution < 1.29 is 0 Å². The van der Waals surface area contributed by atoms with E-state index in [1.54, 1.807) is 0 Å². The van der Waals surface area contributed by atoms with Gasteiger partial charge < -0.3 is 4.90 Å². The predicted octanol–water partition coefficient (Wildman–Crippen LogP) is 15.9. The zero-order valence-electron chi connectivity index (χ0n) is 31.3. The van der Waals surface area contributed by atoms with Crippen molar-refractivity contribution in [3.63, 3.8) is 0 Å². The van der Waals surface area contributed by atoms with Crippen LogP contribution in [0.25, 0.3) is 87.2 Å². The molecule has 0 amide bonds. The fraction of sp³-hybridized carbons (Fsp3) is 0. The van der Waals surface area contributed by atoms with Gasteiger partial charge in [-0.2, -0.15) is 0 Å². The SMILES string of the molecule is c1cc(-c2ccc3ccccc3c2)cc(N(c2ccc(-c3ccc4ccc5c6ccccc6ccc5c4c3)cc2)c2ccc(-c3cccc4ccccc34)cc2)c1. The number of fused-ring (bicyclic) bond motifs is 7. The van der Waals surface area contributed by atoms with Crippen molar-refractivity contribution >= 4 is 70.9 Å². The third kappa shape index (κ3) is 5.89. The third-order valence-corrected chi connectivity index (χ3v) is 11.6. The van der Waals surface area contributed by atoms with Gasteiger partial charge in [0.25, 0.3) is 0 Å². The average Bonchev–Trinajstić information content (AvgIpc) is 3.29. The molecule has 11 rings (SSSR count). The molecule has 0 aliphatic carbocycles. The van der Waals surface area contributed by atoms with Crippen LogP contribution in [-0.2, 0) is 0 Å². The summed E-state index contributed by atoms with van der Waals surface area (Å²) >= 11 is 0. The standard InChI is InChI=1S/C56H37N/c1-2-12-44-35-46(21-19-38(44)9-1)45-14-7-15-50(36-45)57(49-31-25-42(26-32-49)52-18-8-13-40-10-3-5-16-51(40)52)48-29-23-39(24-30-48)47-22-20-43-28-33-54-53-17-6-4-11-41(53)27-34-55(54)56(43)37-47/h1-37H. The van der Waals surface area contributed by atoms with Gasteiger partial charge in [0.2, 0.25) is 0 Å². The van der Waals surface area contributed by atoms with Crippen LogP contribution in [-0.4, -0.2) is 0 Å². The fourth-order valence-corrected chi connectivity index (χ4v) is 8.71. The molecule has 0 bridgehead atoms. The number of hydrogen-bond acceptors (Lipinski definition) is 1. The van der Waals surface area contributed by atoms with E-state index in [9.17, 15) is 0 Å². The molecule has 0 unspecified atom stereocenters. The van der Waals surface area contributed by atoms with E-state index >= 15 is 0 Å². The van der Waals surface area contributed by atoms with Crippen molar-refractivity contribution in [2.45, 2.75) is 0 Å². The lowest BCUT2D eigenvalue weighted by Crippen LogP contribution is -2.10. The van der Waals surface area contributed by atoms with Crippen LogP contribution in [0.15, 0.2) is 224 Å². The Kier molecular flexibility index (Phi) is 7.89. The van der Waals surface area contributed by atoms with Crippen LogP contribution in [0.3, 0.4) is 0 Å². The Bertz CT molecular complexity index is 3280. The van der Waals surface area contributed by atoms with Gasteiger partial charge in [0, 0.05) is 17.1 Å². The Morgan fingerprint density at radius 1 is 0.211 bits per heavy atom. The topological polar surface area (TPSA) is 3.24 Å². The molecule has 0 atom stereocenters. The van der Waals surface area contributed by atoms with Crippen molar-refractivity contribution in [2.75, 3.05) is 4.90 Å². The third-order valence-electron chi connectivity index (χ3n) is 11.6. The lowest BCUT2D eigenvalue weighted by atomic mass is 9.94. The van der Waals surface area contributed by atoms with E-state index < -0.39 is 0 Å². The van der Waals surface area contributed by atoms with Crippen LogP contribution in [0.1, 0.15) is 0 Å². The molecule has 0 saturated carbocycles. The summed E-state index contributed by atoms with van der Waals surface area (Å²) in [5.41, 5.74) is 10.5. The van der Waals surface area contributed by atoms with Gasteiger partial charge in [-0.15, -0.1) is 0 Å². The Morgan fingerprint density at radius 3 is 1.46 bits per heavy atom. The molecular weight excluding hydrogens is 687 g/mol. The predicted molar refractivity (Wildman–Crippen MR) is 245 cm³/mol. The number of benzene rings is 11. The van der Waals surface area contributed by atoms with Gasteiger partial charge in [0.15, 0.2) is 0 Å². The highest BCUT2D eigenvalue weighted by Gasteiger charge is 2.16. The minimum atomic E-state index is 1.10. The Balaban J connectivity index is 1.00. The lowest BCUT2D eigenvalue weighted by Gasteiger charge is -2.26. The molecule has 0 aromatic heterocycles. The van der Waals surface area contributed by atoms with E-state index in [0.29, 0.717) is 0 Å². The van der Waals surface area contributed by atoms with Crippen molar-refractivity contribution in [1.82, 2.24) is 0 Å². The molecule has 0 aliphatic rings. The summed E-state index contributed by atoms with van der Waals surface area (Å²) in [6.45, 7) is 0. The molecule has 266 valence electrons. The molecule has 1 heteroatoms. The lowest BCUT2D eigenvalue weighted by molar-refractivity contribution is 1.28. The van der Waals surface area contributed by atoms with Crippen LogP contribution in [0, 0.1) is 0 Å². The highest BCUT2D eigenvalue weighted by molar-refractivity contribution is 6.17. The van der Waals surface area contributed by atoms with E-state index in [2.05, 4.69) is 229 Å². The second kappa shape index (κ2) is 13.7. The molecule has 0 heterocycles. The summed E-state index contributed by atoms with van der Waals surface area (Å²) < 4.78 is 0. The van der Waals surface area contributed by atoms with Crippen LogP contribution in [0.4, 0.5) is 17.1 Å². The number of rotatable bonds is 6. The minimum Gasteiger partial charge on any atom is -0.310 e. The highest BCUT2D eigenvalue weighted by atomic mass is 15.1. The smallest absolute Gasteiger partial charge is 0.0467 e. The van der Waals surface area contributed by atoms with E-state index in [0.717, 1.165) is 17.1 Å². The Labute approximate surface area is 332 Å². The molecule has 0 saturated heterocycles. The maximum absolute atomic E-state index is 2.38. The molecule has 0 spiro atoms. The van der Waals surface area contributed by atoms with Crippen LogP contribution in [0.5, 0.6) is 0 Å². The van der Waals surface area contributed by atoms with Gasteiger partial charge in [0.05, 0.1) is 0 Å².